The van der Waals surface area contributed by atoms with E-state index in [-0.39, 0.29) is 24.8 Å². The summed E-state index contributed by atoms with van der Waals surface area (Å²) in [5.74, 6) is 1.93. The molecule has 1 aliphatic heterocycles. The number of rotatable bonds is 7. The molecule has 0 unspecified atom stereocenters. The van der Waals surface area contributed by atoms with Gasteiger partial charge in [0.25, 0.3) is 0 Å². The average molecular weight is 371 g/mol. The van der Waals surface area contributed by atoms with Crippen LogP contribution < -0.4 is 30.1 Å². The molecule has 24 heavy (non-hydrogen) atoms. The molecule has 0 spiro atoms. The van der Waals surface area contributed by atoms with Crippen LogP contribution in [0.15, 0.2) is 46.9 Å². The van der Waals surface area contributed by atoms with E-state index in [4.69, 9.17) is 9.15 Å². The first kappa shape index (κ1) is 21.0. The lowest BCUT2D eigenvalue weighted by atomic mass is 10.2. The lowest BCUT2D eigenvalue weighted by Crippen LogP contribution is -3.00. The van der Waals surface area contributed by atoms with Crippen molar-refractivity contribution >= 4 is 0 Å². The number of morpholine rings is 1. The number of nitrogens with zero attached hydrogens (tertiary/aromatic N) is 1. The Morgan fingerprint density at radius 1 is 0.958 bits per heavy atom. The third kappa shape index (κ3) is 6.46. The van der Waals surface area contributed by atoms with Gasteiger partial charge in [0.05, 0.1) is 19.8 Å². The molecule has 0 atom stereocenters. The Balaban J connectivity index is 0.00000144. The maximum Gasteiger partial charge on any atom is 0.134 e. The zero-order valence-electron chi connectivity index (χ0n) is 13.7. The molecule has 1 aromatic heterocycles. The number of halogens is 2. The number of hydrogen-bond acceptors (Lipinski definition) is 4. The SMILES string of the molecule is [Cl-].[Cl-].c1ccc(-c2ccc(CNCCCN3CCOCC3)o2)cc1. The van der Waals surface area contributed by atoms with Crippen molar-refractivity contribution in [2.24, 2.45) is 0 Å². The summed E-state index contributed by atoms with van der Waals surface area (Å²) in [7, 11) is 0. The van der Waals surface area contributed by atoms with Gasteiger partial charge < -0.3 is 39.3 Å². The van der Waals surface area contributed by atoms with E-state index in [2.05, 4.69) is 28.4 Å². The van der Waals surface area contributed by atoms with Crippen LogP contribution in [0.3, 0.4) is 0 Å². The fraction of sp³-hybridized carbons (Fsp3) is 0.444. The second kappa shape index (κ2) is 11.5. The van der Waals surface area contributed by atoms with Crippen LogP contribution in [0, 0.1) is 0 Å². The normalized spacial score (nSPS) is 14.7. The second-order valence-electron chi connectivity index (χ2n) is 5.62. The first-order valence-corrected chi connectivity index (χ1v) is 8.07. The highest BCUT2D eigenvalue weighted by atomic mass is 35.5. The maximum absolute atomic E-state index is 5.88. The van der Waals surface area contributed by atoms with Gasteiger partial charge in [-0.25, -0.2) is 0 Å². The number of furan rings is 1. The van der Waals surface area contributed by atoms with Gasteiger partial charge in [0.15, 0.2) is 0 Å². The van der Waals surface area contributed by atoms with Crippen LogP contribution in [-0.4, -0.2) is 44.3 Å². The maximum atomic E-state index is 5.88. The van der Waals surface area contributed by atoms with Crippen molar-refractivity contribution in [2.75, 3.05) is 39.4 Å². The van der Waals surface area contributed by atoms with E-state index in [1.165, 1.54) is 0 Å². The Morgan fingerprint density at radius 3 is 2.46 bits per heavy atom. The van der Waals surface area contributed by atoms with Crippen molar-refractivity contribution in [2.45, 2.75) is 13.0 Å². The minimum absolute atomic E-state index is 0. The van der Waals surface area contributed by atoms with Gasteiger partial charge in [0.2, 0.25) is 0 Å². The van der Waals surface area contributed by atoms with Crippen molar-refractivity contribution in [3.63, 3.8) is 0 Å². The van der Waals surface area contributed by atoms with E-state index in [0.717, 1.165) is 69.4 Å². The van der Waals surface area contributed by atoms with Crippen LogP contribution in [-0.2, 0) is 11.3 Å². The first-order chi connectivity index (χ1) is 10.9. The monoisotopic (exact) mass is 370 g/mol. The van der Waals surface area contributed by atoms with E-state index in [0.29, 0.717) is 0 Å². The van der Waals surface area contributed by atoms with Crippen LogP contribution in [0.1, 0.15) is 12.2 Å². The van der Waals surface area contributed by atoms with Gasteiger partial charge in [-0.3, -0.25) is 4.90 Å². The molecule has 3 rings (SSSR count). The summed E-state index contributed by atoms with van der Waals surface area (Å²) in [4.78, 5) is 2.46. The van der Waals surface area contributed by atoms with Gasteiger partial charge in [0, 0.05) is 18.7 Å². The fourth-order valence-corrected chi connectivity index (χ4v) is 2.69. The van der Waals surface area contributed by atoms with E-state index in [9.17, 15) is 0 Å². The molecule has 2 aromatic rings. The van der Waals surface area contributed by atoms with Gasteiger partial charge >= 0.3 is 0 Å². The van der Waals surface area contributed by atoms with E-state index in [1.807, 2.05) is 24.3 Å². The van der Waals surface area contributed by atoms with Gasteiger partial charge in [0.1, 0.15) is 11.5 Å². The zero-order valence-corrected chi connectivity index (χ0v) is 15.2. The van der Waals surface area contributed by atoms with Crippen LogP contribution in [0.2, 0.25) is 0 Å². The first-order valence-electron chi connectivity index (χ1n) is 8.07. The lowest BCUT2D eigenvalue weighted by Gasteiger charge is -2.26. The number of benzene rings is 1. The van der Waals surface area contributed by atoms with Crippen molar-refractivity contribution in [3.8, 4) is 11.3 Å². The molecule has 1 aromatic carbocycles. The second-order valence-corrected chi connectivity index (χ2v) is 5.62. The Morgan fingerprint density at radius 2 is 1.71 bits per heavy atom. The third-order valence-corrected chi connectivity index (χ3v) is 3.95. The quantitative estimate of drug-likeness (QED) is 0.520. The van der Waals surface area contributed by atoms with Crippen LogP contribution in [0.5, 0.6) is 0 Å². The molecule has 134 valence electrons. The summed E-state index contributed by atoms with van der Waals surface area (Å²) >= 11 is 0. The summed E-state index contributed by atoms with van der Waals surface area (Å²) in [5.41, 5.74) is 1.13. The summed E-state index contributed by atoms with van der Waals surface area (Å²) < 4.78 is 11.2. The third-order valence-electron chi connectivity index (χ3n) is 3.95. The van der Waals surface area contributed by atoms with Crippen LogP contribution in [0.4, 0.5) is 0 Å². The van der Waals surface area contributed by atoms with Crippen molar-refractivity contribution in [1.82, 2.24) is 10.2 Å². The molecule has 0 radical (unpaired) electrons. The molecule has 1 aliphatic rings. The van der Waals surface area contributed by atoms with E-state index in [1.54, 1.807) is 0 Å². The average Bonchev–Trinajstić information content (AvgIpc) is 3.05. The number of hydrogen-bond donors (Lipinski definition) is 1. The molecule has 6 heteroatoms. The Hall–Kier alpha value is -1.04. The Bertz CT molecular complexity index is 557. The standard InChI is InChI=1S/C18H24N2O2.2ClH/c1-2-5-16(6-3-1)18-8-7-17(22-18)15-19-9-4-10-20-11-13-21-14-12-20;;/h1-3,5-8,19H,4,9-15H2;2*1H/p-2. The van der Waals surface area contributed by atoms with Gasteiger partial charge in [-0.15, -0.1) is 0 Å². The van der Waals surface area contributed by atoms with Crippen LogP contribution >= 0.6 is 0 Å². The summed E-state index contributed by atoms with van der Waals surface area (Å²) in [6.45, 7) is 6.83. The van der Waals surface area contributed by atoms with Gasteiger partial charge in [-0.05, 0) is 31.6 Å². The molecular weight excluding hydrogens is 347 g/mol. The molecule has 0 aliphatic carbocycles. The molecule has 4 nitrogen and oxygen atoms in total. The van der Waals surface area contributed by atoms with Crippen molar-refractivity contribution in [1.29, 1.82) is 0 Å². The largest absolute Gasteiger partial charge is 1.00 e. The smallest absolute Gasteiger partial charge is 0.134 e. The zero-order chi connectivity index (χ0) is 15.0. The minimum atomic E-state index is 0. The highest BCUT2D eigenvalue weighted by molar-refractivity contribution is 5.57. The summed E-state index contributed by atoms with van der Waals surface area (Å²) in [5, 5.41) is 3.45. The topological polar surface area (TPSA) is 37.6 Å². The molecule has 0 saturated carbocycles. The molecule has 0 amide bonds. The number of nitrogens with one attached hydrogen (secondary N) is 1. The molecule has 0 bridgehead atoms. The summed E-state index contributed by atoms with van der Waals surface area (Å²) in [6.07, 6.45) is 1.16. The van der Waals surface area contributed by atoms with E-state index < -0.39 is 0 Å². The lowest BCUT2D eigenvalue weighted by molar-refractivity contribution is -0.001000. The molecule has 1 saturated heterocycles. The van der Waals surface area contributed by atoms with Gasteiger partial charge in [-0.2, -0.15) is 0 Å². The highest BCUT2D eigenvalue weighted by Gasteiger charge is 2.09. The Kier molecular flexibility index (Phi) is 10.1. The predicted octanol–water partition coefficient (Wildman–Crippen LogP) is -3.23. The van der Waals surface area contributed by atoms with Crippen LogP contribution in [0.25, 0.3) is 11.3 Å². The molecule has 1 fully saturated rings. The van der Waals surface area contributed by atoms with Crippen molar-refractivity contribution in [3.05, 3.63) is 48.2 Å². The van der Waals surface area contributed by atoms with Gasteiger partial charge in [-0.1, -0.05) is 30.3 Å². The number of ether oxygens (including phenoxy) is 1. The molecular formula is C18H24Cl2N2O2-2. The molecule has 2 heterocycles. The predicted molar refractivity (Wildman–Crippen MR) is 87.7 cm³/mol. The van der Waals surface area contributed by atoms with E-state index >= 15 is 0 Å². The Labute approximate surface area is 156 Å². The summed E-state index contributed by atoms with van der Waals surface area (Å²) in [6, 6.07) is 14.3. The fourth-order valence-electron chi connectivity index (χ4n) is 2.69. The highest BCUT2D eigenvalue weighted by Crippen LogP contribution is 2.21. The van der Waals surface area contributed by atoms with Crippen molar-refractivity contribution < 1.29 is 34.0 Å². The molecule has 1 N–H and O–H groups in total. The minimum Gasteiger partial charge on any atom is -1.00 e.